The van der Waals surface area contributed by atoms with Crippen molar-refractivity contribution in [3.63, 3.8) is 0 Å². The van der Waals surface area contributed by atoms with Crippen LogP contribution in [-0.2, 0) is 16.0 Å². The maximum Gasteiger partial charge on any atom is 0.460 e. The molecule has 0 aromatic heterocycles. The summed E-state index contributed by atoms with van der Waals surface area (Å²) in [5.74, 6) is -39.3. The van der Waals surface area contributed by atoms with Gasteiger partial charge in [0.25, 0.3) is 0 Å². The SMILES string of the molecule is CCOC(Cc1ccc(OCCN(CC(F)(F)C(F)(F)C(F)(F)C(F)(F)C(F)(F)C(F)(F)F)C(=O)NC(C)C)cc1)C(=O)O. The number of halogens is 13. The van der Waals surface area contributed by atoms with Gasteiger partial charge in [0.05, 0.1) is 13.1 Å². The van der Waals surface area contributed by atoms with E-state index in [9.17, 15) is 66.7 Å². The summed E-state index contributed by atoms with van der Waals surface area (Å²) in [4.78, 5) is 23.2. The summed E-state index contributed by atoms with van der Waals surface area (Å²) in [5.41, 5.74) is 0.423. The molecule has 1 rings (SSSR count). The minimum Gasteiger partial charge on any atom is -0.492 e. The van der Waals surface area contributed by atoms with Crippen LogP contribution in [0.25, 0.3) is 0 Å². The summed E-state index contributed by atoms with van der Waals surface area (Å²) >= 11 is 0. The van der Waals surface area contributed by atoms with Crippen LogP contribution in [0.1, 0.15) is 26.3 Å². The normalized spacial score (nSPS) is 14.4. The number of carbonyl (C=O) groups excluding carboxylic acids is 1. The zero-order chi connectivity index (χ0) is 34.5. The monoisotopic (exact) mass is 670 g/mol. The fraction of sp³-hybridized carbons (Fsp3) is 0.667. The van der Waals surface area contributed by atoms with Crippen molar-refractivity contribution in [1.82, 2.24) is 10.2 Å². The van der Waals surface area contributed by atoms with Gasteiger partial charge < -0.3 is 24.8 Å². The van der Waals surface area contributed by atoms with Crippen molar-refractivity contribution < 1.29 is 81.2 Å². The van der Waals surface area contributed by atoms with E-state index in [1.54, 1.807) is 6.92 Å². The van der Waals surface area contributed by atoms with Crippen molar-refractivity contribution in [2.24, 2.45) is 0 Å². The molecule has 20 heteroatoms. The van der Waals surface area contributed by atoms with E-state index in [2.05, 4.69) is 0 Å². The van der Waals surface area contributed by atoms with Crippen molar-refractivity contribution in [1.29, 1.82) is 0 Å². The van der Waals surface area contributed by atoms with Crippen molar-refractivity contribution in [3.8, 4) is 5.75 Å². The van der Waals surface area contributed by atoms with Crippen molar-refractivity contribution in [3.05, 3.63) is 29.8 Å². The Balaban J connectivity index is 3.19. The van der Waals surface area contributed by atoms with E-state index in [1.165, 1.54) is 38.1 Å². The molecule has 0 saturated carbocycles. The average Bonchev–Trinajstić information content (AvgIpc) is 2.87. The fourth-order valence-electron chi connectivity index (χ4n) is 3.36. The average molecular weight is 670 g/mol. The number of aliphatic carboxylic acids is 1. The van der Waals surface area contributed by atoms with E-state index >= 15 is 0 Å². The van der Waals surface area contributed by atoms with Gasteiger partial charge in [-0.15, -0.1) is 0 Å². The van der Waals surface area contributed by atoms with Crippen LogP contribution >= 0.6 is 0 Å². The Labute approximate surface area is 241 Å². The number of nitrogens with zero attached hydrogens (tertiary/aromatic N) is 1. The number of carboxylic acid groups (broad SMARTS) is 1. The van der Waals surface area contributed by atoms with Crippen molar-refractivity contribution >= 4 is 12.0 Å². The van der Waals surface area contributed by atoms with Gasteiger partial charge in [-0.1, -0.05) is 12.1 Å². The molecule has 0 bridgehead atoms. The van der Waals surface area contributed by atoms with Gasteiger partial charge in [0.2, 0.25) is 0 Å². The number of ether oxygens (including phenoxy) is 2. The number of urea groups is 1. The molecule has 0 fully saturated rings. The third-order valence-electron chi connectivity index (χ3n) is 5.70. The second-order valence-corrected chi connectivity index (χ2v) is 9.50. The van der Waals surface area contributed by atoms with Gasteiger partial charge >= 0.3 is 47.8 Å². The molecular formula is C24H27F13N2O5. The molecule has 254 valence electrons. The highest BCUT2D eigenvalue weighted by Crippen LogP contribution is 2.60. The van der Waals surface area contributed by atoms with Crippen molar-refractivity contribution in [2.45, 2.75) is 75.1 Å². The van der Waals surface area contributed by atoms with Crippen molar-refractivity contribution in [2.75, 3.05) is 26.3 Å². The smallest absolute Gasteiger partial charge is 0.460 e. The quantitative estimate of drug-likeness (QED) is 0.203. The molecule has 0 aliphatic rings. The number of nitrogens with one attached hydrogen (secondary N) is 1. The number of amides is 2. The standard InChI is InChI=1S/C24H27F13N2O5/c1-4-43-16(17(40)41)11-14-5-7-15(8-6-14)44-10-9-39(18(42)38-13(2)3)12-19(25,26)20(27,28)21(29,30)22(31,32)23(33,34)24(35,36)37/h5-8,13,16H,4,9-12H2,1-3H3,(H,38,42)(H,40,41). The van der Waals surface area contributed by atoms with Crippen LogP contribution in [0.4, 0.5) is 61.9 Å². The van der Waals surface area contributed by atoms with Crippen LogP contribution in [0.2, 0.25) is 0 Å². The Morgan fingerprint density at radius 3 is 1.77 bits per heavy atom. The molecule has 7 nitrogen and oxygen atoms in total. The highest BCUT2D eigenvalue weighted by molar-refractivity contribution is 5.74. The Bertz CT molecular complexity index is 1110. The molecule has 44 heavy (non-hydrogen) atoms. The lowest BCUT2D eigenvalue weighted by Crippen LogP contribution is -2.71. The van der Waals surface area contributed by atoms with Gasteiger partial charge in [0.15, 0.2) is 6.10 Å². The molecule has 0 saturated heterocycles. The number of benzene rings is 1. The molecule has 1 aromatic carbocycles. The Morgan fingerprint density at radius 2 is 1.34 bits per heavy atom. The van der Waals surface area contributed by atoms with E-state index in [1.807, 2.05) is 5.32 Å². The lowest BCUT2D eigenvalue weighted by molar-refractivity contribution is -0.439. The third-order valence-corrected chi connectivity index (χ3v) is 5.70. The van der Waals surface area contributed by atoms with E-state index in [4.69, 9.17) is 14.6 Å². The van der Waals surface area contributed by atoms with Crippen LogP contribution in [0.5, 0.6) is 5.75 Å². The van der Waals surface area contributed by atoms with Gasteiger partial charge in [-0.25, -0.2) is 9.59 Å². The number of alkyl halides is 13. The third kappa shape index (κ3) is 8.29. The Hall–Kier alpha value is -3.19. The summed E-state index contributed by atoms with van der Waals surface area (Å²) in [5, 5.41) is 11.0. The summed E-state index contributed by atoms with van der Waals surface area (Å²) in [6.45, 7) is -0.728. The highest BCUT2D eigenvalue weighted by Gasteiger charge is 2.90. The fourth-order valence-corrected chi connectivity index (χ4v) is 3.36. The molecule has 1 atom stereocenters. The van der Waals surface area contributed by atoms with E-state index in [-0.39, 0.29) is 23.7 Å². The summed E-state index contributed by atoms with van der Waals surface area (Å²) in [6.07, 6.45) is -8.83. The van der Waals surface area contributed by atoms with Gasteiger partial charge in [0, 0.05) is 19.1 Å². The number of hydrogen-bond acceptors (Lipinski definition) is 4. The van der Waals surface area contributed by atoms with Gasteiger partial charge in [0.1, 0.15) is 12.4 Å². The van der Waals surface area contributed by atoms with Gasteiger partial charge in [-0.05, 0) is 38.5 Å². The Morgan fingerprint density at radius 1 is 0.841 bits per heavy atom. The first-order valence-corrected chi connectivity index (χ1v) is 12.3. The Kier molecular flexibility index (Phi) is 12.2. The molecule has 0 aliphatic heterocycles. The topological polar surface area (TPSA) is 88.1 Å². The van der Waals surface area contributed by atoms with E-state index in [0.29, 0.717) is 5.56 Å². The lowest BCUT2D eigenvalue weighted by atomic mass is 9.93. The van der Waals surface area contributed by atoms with Gasteiger partial charge in [-0.2, -0.15) is 57.1 Å². The molecule has 0 aliphatic carbocycles. The van der Waals surface area contributed by atoms with Gasteiger partial charge in [-0.3, -0.25) is 0 Å². The molecule has 1 aromatic rings. The minimum atomic E-state index is -8.06. The minimum absolute atomic E-state index is 0.0705. The van der Waals surface area contributed by atoms with Crippen LogP contribution in [0.3, 0.4) is 0 Å². The molecule has 0 radical (unpaired) electrons. The van der Waals surface area contributed by atoms with Crippen LogP contribution in [0, 0.1) is 0 Å². The lowest BCUT2D eigenvalue weighted by Gasteiger charge is -2.40. The molecule has 0 spiro atoms. The first-order chi connectivity index (χ1) is 19.8. The first-order valence-electron chi connectivity index (χ1n) is 12.3. The number of carboxylic acids is 1. The number of rotatable bonds is 16. The predicted octanol–water partition coefficient (Wildman–Crippen LogP) is 6.26. The molecule has 0 heterocycles. The molecule has 2 N–H and O–H groups in total. The number of hydrogen-bond donors (Lipinski definition) is 2. The second-order valence-electron chi connectivity index (χ2n) is 9.50. The van der Waals surface area contributed by atoms with Crippen LogP contribution < -0.4 is 10.1 Å². The summed E-state index contributed by atoms with van der Waals surface area (Å²) in [6, 6.07) is 2.58. The molecule has 2 amide bonds. The van der Waals surface area contributed by atoms with Crippen LogP contribution in [-0.4, -0.2) is 96.2 Å². The highest BCUT2D eigenvalue weighted by atomic mass is 19.4. The summed E-state index contributed by atoms with van der Waals surface area (Å²) < 4.78 is 185. The summed E-state index contributed by atoms with van der Waals surface area (Å²) in [7, 11) is 0. The maximum absolute atomic E-state index is 14.5. The predicted molar refractivity (Wildman–Crippen MR) is 125 cm³/mol. The zero-order valence-electron chi connectivity index (χ0n) is 22.9. The van der Waals surface area contributed by atoms with Crippen LogP contribution in [0.15, 0.2) is 24.3 Å². The first kappa shape index (κ1) is 38.8. The molecule has 1 unspecified atom stereocenters. The second kappa shape index (κ2) is 13.8. The van der Waals surface area contributed by atoms with E-state index < -0.39 is 79.6 Å². The largest absolute Gasteiger partial charge is 0.492 e. The number of carbonyl (C=O) groups is 2. The zero-order valence-corrected chi connectivity index (χ0v) is 22.9. The molecular weight excluding hydrogens is 643 g/mol. The maximum atomic E-state index is 14.5. The van der Waals surface area contributed by atoms with E-state index in [0.717, 1.165) is 0 Å².